The number of hydrogen-bond donors (Lipinski definition) is 2. The Hall–Kier alpha value is -0.120. The average Bonchev–Trinajstić information content (AvgIpc) is 2.72. The first kappa shape index (κ1) is 12.0. The van der Waals surface area contributed by atoms with Gasteiger partial charge in [-0.25, -0.2) is 0 Å². The molecule has 0 aromatic rings. The topological polar surface area (TPSA) is 49.5 Å². The van der Waals surface area contributed by atoms with Crippen LogP contribution in [0.15, 0.2) is 0 Å². The van der Waals surface area contributed by atoms with Crippen LogP contribution in [-0.2, 0) is 0 Å². The smallest absolute Gasteiger partial charge is 0.0583 e. The number of hydrogen-bond acceptors (Lipinski definition) is 3. The van der Waals surface area contributed by atoms with Crippen LogP contribution < -0.4 is 5.73 Å². The summed E-state index contributed by atoms with van der Waals surface area (Å²) in [6.07, 6.45) is 6.38. The summed E-state index contributed by atoms with van der Waals surface area (Å²) in [5.74, 6) is 0. The maximum atomic E-state index is 8.84. The van der Waals surface area contributed by atoms with E-state index in [2.05, 4.69) is 11.8 Å². The van der Waals surface area contributed by atoms with Crippen LogP contribution >= 0.6 is 0 Å². The summed E-state index contributed by atoms with van der Waals surface area (Å²) in [5, 5.41) is 8.84. The van der Waals surface area contributed by atoms with Gasteiger partial charge in [-0.05, 0) is 32.4 Å². The van der Waals surface area contributed by atoms with Gasteiger partial charge in [0.05, 0.1) is 6.61 Å². The Labute approximate surface area is 87.3 Å². The lowest BCUT2D eigenvalue weighted by molar-refractivity contribution is 0.186. The fourth-order valence-electron chi connectivity index (χ4n) is 2.29. The molecule has 84 valence electrons. The molecule has 0 heterocycles. The molecule has 14 heavy (non-hydrogen) atoms. The molecule has 0 spiro atoms. The second kappa shape index (κ2) is 6.38. The van der Waals surface area contributed by atoms with E-state index >= 15 is 0 Å². The standard InChI is InChI=1S/C11H24N2O/c1-2-13(8-7-10(12)9-14)11-5-3-4-6-11/h10-11,14H,2-9,12H2,1H3. The second-order valence-corrected chi connectivity index (χ2v) is 4.30. The van der Waals surface area contributed by atoms with Gasteiger partial charge in [0.1, 0.15) is 0 Å². The number of rotatable bonds is 6. The Bertz CT molecular complexity index is 146. The number of nitrogens with zero attached hydrogens (tertiary/aromatic N) is 1. The SMILES string of the molecule is CCN(CCC(N)CO)C1CCCC1. The van der Waals surface area contributed by atoms with Crippen LogP contribution in [0.1, 0.15) is 39.0 Å². The molecule has 1 atom stereocenters. The van der Waals surface area contributed by atoms with E-state index in [9.17, 15) is 0 Å². The maximum absolute atomic E-state index is 8.84. The van der Waals surface area contributed by atoms with Crippen LogP contribution in [0.25, 0.3) is 0 Å². The minimum atomic E-state index is -0.0366. The van der Waals surface area contributed by atoms with Crippen molar-refractivity contribution < 1.29 is 5.11 Å². The third-order valence-corrected chi connectivity index (χ3v) is 3.27. The zero-order valence-corrected chi connectivity index (χ0v) is 9.28. The number of aliphatic hydroxyl groups is 1. The summed E-state index contributed by atoms with van der Waals surface area (Å²) in [6, 6.07) is 0.747. The summed E-state index contributed by atoms with van der Waals surface area (Å²) in [6.45, 7) is 4.48. The van der Waals surface area contributed by atoms with Crippen LogP contribution in [0.5, 0.6) is 0 Å². The van der Waals surface area contributed by atoms with Gasteiger partial charge in [-0.3, -0.25) is 0 Å². The molecule has 3 N–H and O–H groups in total. The van der Waals surface area contributed by atoms with Crippen LogP contribution in [0.3, 0.4) is 0 Å². The van der Waals surface area contributed by atoms with Crippen molar-refractivity contribution >= 4 is 0 Å². The van der Waals surface area contributed by atoms with Gasteiger partial charge in [0.25, 0.3) is 0 Å². The molecule has 1 fully saturated rings. The van der Waals surface area contributed by atoms with E-state index < -0.39 is 0 Å². The van der Waals surface area contributed by atoms with Crippen molar-refractivity contribution in [3.05, 3.63) is 0 Å². The van der Waals surface area contributed by atoms with Gasteiger partial charge in [0.15, 0.2) is 0 Å². The minimum absolute atomic E-state index is 0.0366. The zero-order valence-electron chi connectivity index (χ0n) is 9.28. The van der Waals surface area contributed by atoms with Crippen LogP contribution in [0.4, 0.5) is 0 Å². The van der Waals surface area contributed by atoms with Crippen LogP contribution in [0, 0.1) is 0 Å². The predicted molar refractivity (Wildman–Crippen MR) is 59.2 cm³/mol. The summed E-state index contributed by atoms with van der Waals surface area (Å²) in [4.78, 5) is 2.52. The molecule has 1 rings (SSSR count). The van der Waals surface area contributed by atoms with E-state index in [0.717, 1.165) is 25.6 Å². The normalized spacial score (nSPS) is 20.6. The molecule has 0 amide bonds. The van der Waals surface area contributed by atoms with Gasteiger partial charge in [-0.2, -0.15) is 0 Å². The minimum Gasteiger partial charge on any atom is -0.395 e. The van der Waals surface area contributed by atoms with Crippen LogP contribution in [-0.4, -0.2) is 41.8 Å². The maximum Gasteiger partial charge on any atom is 0.0583 e. The molecule has 1 unspecified atom stereocenters. The molecule has 1 aliphatic carbocycles. The van der Waals surface area contributed by atoms with Crippen molar-refractivity contribution in [1.82, 2.24) is 4.90 Å². The first-order valence-electron chi connectivity index (χ1n) is 5.88. The van der Waals surface area contributed by atoms with Crippen molar-refractivity contribution in [2.24, 2.45) is 5.73 Å². The Balaban J connectivity index is 2.23. The highest BCUT2D eigenvalue weighted by Gasteiger charge is 2.21. The third-order valence-electron chi connectivity index (χ3n) is 3.27. The van der Waals surface area contributed by atoms with Crippen molar-refractivity contribution in [1.29, 1.82) is 0 Å². The summed E-state index contributed by atoms with van der Waals surface area (Å²) in [5.41, 5.74) is 5.70. The summed E-state index contributed by atoms with van der Waals surface area (Å²) < 4.78 is 0. The van der Waals surface area contributed by atoms with E-state index in [-0.39, 0.29) is 12.6 Å². The summed E-state index contributed by atoms with van der Waals surface area (Å²) >= 11 is 0. The molecule has 1 aliphatic rings. The quantitative estimate of drug-likeness (QED) is 0.671. The Morgan fingerprint density at radius 1 is 1.43 bits per heavy atom. The van der Waals surface area contributed by atoms with Crippen LogP contribution in [0.2, 0.25) is 0 Å². The van der Waals surface area contributed by atoms with Gasteiger partial charge in [-0.15, -0.1) is 0 Å². The predicted octanol–water partition coefficient (Wildman–Crippen LogP) is 0.961. The summed E-state index contributed by atoms with van der Waals surface area (Å²) in [7, 11) is 0. The third kappa shape index (κ3) is 3.56. The molecule has 3 nitrogen and oxygen atoms in total. The highest BCUT2D eigenvalue weighted by molar-refractivity contribution is 4.77. The molecule has 0 radical (unpaired) electrons. The molecule has 0 aromatic carbocycles. The molecule has 0 saturated heterocycles. The van der Waals surface area contributed by atoms with E-state index in [0.29, 0.717) is 0 Å². The first-order chi connectivity index (χ1) is 6.77. The highest BCUT2D eigenvalue weighted by Crippen LogP contribution is 2.23. The monoisotopic (exact) mass is 200 g/mol. The van der Waals surface area contributed by atoms with Crippen molar-refractivity contribution in [3.8, 4) is 0 Å². The molecule has 1 saturated carbocycles. The van der Waals surface area contributed by atoms with Gasteiger partial charge >= 0.3 is 0 Å². The van der Waals surface area contributed by atoms with Gasteiger partial charge in [0, 0.05) is 12.1 Å². The molecule has 3 heteroatoms. The molecule has 0 aromatic heterocycles. The number of nitrogens with two attached hydrogens (primary N) is 1. The Kier molecular flexibility index (Phi) is 5.45. The van der Waals surface area contributed by atoms with Gasteiger partial charge < -0.3 is 15.7 Å². The van der Waals surface area contributed by atoms with E-state index in [1.54, 1.807) is 0 Å². The first-order valence-corrected chi connectivity index (χ1v) is 5.88. The molecule has 0 aliphatic heterocycles. The van der Waals surface area contributed by atoms with E-state index in [4.69, 9.17) is 10.8 Å². The lowest BCUT2D eigenvalue weighted by atomic mass is 10.1. The Morgan fingerprint density at radius 2 is 2.07 bits per heavy atom. The molecular formula is C11H24N2O. The van der Waals surface area contributed by atoms with Crippen molar-refractivity contribution in [2.45, 2.75) is 51.1 Å². The lowest BCUT2D eigenvalue weighted by Gasteiger charge is -2.28. The van der Waals surface area contributed by atoms with E-state index in [1.807, 2.05) is 0 Å². The zero-order chi connectivity index (χ0) is 10.4. The fourth-order valence-corrected chi connectivity index (χ4v) is 2.29. The van der Waals surface area contributed by atoms with Crippen molar-refractivity contribution in [3.63, 3.8) is 0 Å². The molecular weight excluding hydrogens is 176 g/mol. The van der Waals surface area contributed by atoms with Crippen molar-refractivity contribution in [2.75, 3.05) is 19.7 Å². The Morgan fingerprint density at radius 3 is 2.57 bits per heavy atom. The highest BCUT2D eigenvalue weighted by atomic mass is 16.3. The number of aliphatic hydroxyl groups excluding tert-OH is 1. The van der Waals surface area contributed by atoms with Gasteiger partial charge in [0.2, 0.25) is 0 Å². The van der Waals surface area contributed by atoms with Gasteiger partial charge in [-0.1, -0.05) is 19.8 Å². The van der Waals surface area contributed by atoms with E-state index in [1.165, 1.54) is 25.7 Å². The fraction of sp³-hybridized carbons (Fsp3) is 1.00. The molecule has 0 bridgehead atoms. The average molecular weight is 200 g/mol. The largest absolute Gasteiger partial charge is 0.395 e. The lowest BCUT2D eigenvalue weighted by Crippen LogP contribution is -2.37. The second-order valence-electron chi connectivity index (χ2n) is 4.30.